The maximum atomic E-state index is 11.8. The summed E-state index contributed by atoms with van der Waals surface area (Å²) in [6.07, 6.45) is 2.70. The molecule has 0 aliphatic heterocycles. The number of aromatic nitrogens is 5. The van der Waals surface area contributed by atoms with Crippen molar-refractivity contribution in [1.82, 2.24) is 24.9 Å². The standard InChI is InChI=1S/C14H12Cl2N2O2.C13H11N3O2S/c15-13-12(14(16)18-9-17-13)6-11(19)8-20-7-10-4-2-1-3-5-10;17-12-11-13(15-8-14-12)19-10(16-11)7-18-6-9-4-2-1-3-5-9/h1-5,9H,6-8H2;1-5,8H,6-7H2,(H,14,15,17). The molecule has 0 fully saturated rings. The molecule has 0 spiro atoms. The van der Waals surface area contributed by atoms with Crippen LogP contribution >= 0.6 is 34.5 Å². The lowest BCUT2D eigenvalue weighted by molar-refractivity contribution is -0.123. The molecule has 39 heavy (non-hydrogen) atoms. The van der Waals surface area contributed by atoms with Crippen molar-refractivity contribution in [3.63, 3.8) is 0 Å². The van der Waals surface area contributed by atoms with E-state index in [0.29, 0.717) is 35.7 Å². The van der Waals surface area contributed by atoms with Crippen molar-refractivity contribution >= 4 is 50.7 Å². The van der Waals surface area contributed by atoms with E-state index in [-0.39, 0.29) is 34.7 Å². The fourth-order valence-electron chi connectivity index (χ4n) is 3.32. The number of nitrogens with one attached hydrogen (secondary N) is 1. The first-order valence-electron chi connectivity index (χ1n) is 11.7. The van der Waals surface area contributed by atoms with Gasteiger partial charge in [0.1, 0.15) is 28.2 Å². The third kappa shape index (κ3) is 8.74. The number of fused-ring (bicyclic) bond motifs is 1. The summed E-state index contributed by atoms with van der Waals surface area (Å²) in [7, 11) is 0. The molecule has 5 rings (SSSR count). The number of Topliss-reactive ketones (excluding diaryl/α,β-unsaturated/α-hetero) is 1. The number of thiazole rings is 1. The summed E-state index contributed by atoms with van der Waals surface area (Å²) in [5, 5.41) is 1.15. The average Bonchev–Trinajstić information content (AvgIpc) is 3.37. The molecule has 2 aromatic carbocycles. The van der Waals surface area contributed by atoms with E-state index < -0.39 is 0 Å². The molecule has 0 atom stereocenters. The van der Waals surface area contributed by atoms with Crippen molar-refractivity contribution in [3.8, 4) is 0 Å². The lowest BCUT2D eigenvalue weighted by Gasteiger charge is -2.06. The van der Waals surface area contributed by atoms with Gasteiger partial charge in [0.25, 0.3) is 5.56 Å². The number of H-pyrrole nitrogens is 1. The molecule has 0 saturated heterocycles. The van der Waals surface area contributed by atoms with Gasteiger partial charge in [-0.15, -0.1) is 0 Å². The van der Waals surface area contributed by atoms with Gasteiger partial charge >= 0.3 is 0 Å². The van der Waals surface area contributed by atoms with E-state index in [1.165, 1.54) is 24.0 Å². The van der Waals surface area contributed by atoms with Crippen LogP contribution in [0.5, 0.6) is 0 Å². The van der Waals surface area contributed by atoms with Crippen molar-refractivity contribution in [2.75, 3.05) is 6.61 Å². The second-order valence-electron chi connectivity index (χ2n) is 8.10. The zero-order chi connectivity index (χ0) is 27.5. The second kappa shape index (κ2) is 14.6. The third-order valence-corrected chi connectivity index (χ3v) is 6.76. The van der Waals surface area contributed by atoms with E-state index in [1.54, 1.807) is 0 Å². The Morgan fingerprint density at radius 2 is 1.46 bits per heavy atom. The molecule has 0 unspecified atom stereocenters. The zero-order valence-electron chi connectivity index (χ0n) is 20.5. The first-order valence-corrected chi connectivity index (χ1v) is 13.3. The summed E-state index contributed by atoms with van der Waals surface area (Å²) < 4.78 is 10.9. The van der Waals surface area contributed by atoms with Gasteiger partial charge in [-0.2, -0.15) is 0 Å². The predicted molar refractivity (Wildman–Crippen MR) is 150 cm³/mol. The van der Waals surface area contributed by atoms with E-state index in [0.717, 1.165) is 16.1 Å². The molecule has 3 heterocycles. The maximum Gasteiger partial charge on any atom is 0.278 e. The van der Waals surface area contributed by atoms with Gasteiger partial charge in [0.05, 0.1) is 26.1 Å². The molecule has 5 aromatic rings. The van der Waals surface area contributed by atoms with Gasteiger partial charge < -0.3 is 14.5 Å². The molecule has 3 aromatic heterocycles. The summed E-state index contributed by atoms with van der Waals surface area (Å²) in [4.78, 5) is 42.4. The van der Waals surface area contributed by atoms with Crippen molar-refractivity contribution in [1.29, 1.82) is 0 Å². The summed E-state index contributed by atoms with van der Waals surface area (Å²) in [6.45, 7) is 1.30. The fraction of sp³-hybridized carbons (Fsp3) is 0.185. The Morgan fingerprint density at radius 3 is 2.08 bits per heavy atom. The van der Waals surface area contributed by atoms with Crippen molar-refractivity contribution < 1.29 is 14.3 Å². The quantitative estimate of drug-likeness (QED) is 0.222. The lowest BCUT2D eigenvalue weighted by Crippen LogP contribution is -2.12. The van der Waals surface area contributed by atoms with E-state index in [9.17, 15) is 9.59 Å². The van der Waals surface area contributed by atoms with E-state index in [4.69, 9.17) is 32.7 Å². The lowest BCUT2D eigenvalue weighted by atomic mass is 10.2. The van der Waals surface area contributed by atoms with Crippen LogP contribution in [0.4, 0.5) is 0 Å². The van der Waals surface area contributed by atoms with E-state index in [2.05, 4.69) is 24.9 Å². The highest BCUT2D eigenvalue weighted by Gasteiger charge is 2.13. The molecular formula is C27H23Cl2N5O4S. The third-order valence-electron chi connectivity index (χ3n) is 5.17. The molecule has 0 saturated carbocycles. The first-order chi connectivity index (χ1) is 19.0. The van der Waals surface area contributed by atoms with E-state index in [1.807, 2.05) is 60.7 Å². The fourth-order valence-corrected chi connectivity index (χ4v) is 4.61. The number of aromatic amines is 1. The number of hydrogen-bond donors (Lipinski definition) is 1. The van der Waals surface area contributed by atoms with Crippen LogP contribution in [0.15, 0.2) is 78.1 Å². The van der Waals surface area contributed by atoms with Crippen LogP contribution in [0.3, 0.4) is 0 Å². The molecule has 0 radical (unpaired) electrons. The zero-order valence-corrected chi connectivity index (χ0v) is 22.9. The Labute approximate surface area is 237 Å². The maximum absolute atomic E-state index is 11.8. The Morgan fingerprint density at radius 1 is 0.846 bits per heavy atom. The number of rotatable bonds is 10. The van der Waals surface area contributed by atoms with Crippen LogP contribution < -0.4 is 5.56 Å². The number of ketones is 1. The molecule has 9 nitrogen and oxygen atoms in total. The van der Waals surface area contributed by atoms with Crippen LogP contribution in [0.25, 0.3) is 10.3 Å². The summed E-state index contributed by atoms with van der Waals surface area (Å²) in [6, 6.07) is 19.5. The smallest absolute Gasteiger partial charge is 0.278 e. The molecule has 0 bridgehead atoms. The normalized spacial score (nSPS) is 10.7. The van der Waals surface area contributed by atoms with Gasteiger partial charge in [-0.3, -0.25) is 9.59 Å². The Balaban J connectivity index is 0.000000181. The second-order valence-corrected chi connectivity index (χ2v) is 9.88. The Bertz CT molecular complexity index is 1550. The van der Waals surface area contributed by atoms with Gasteiger partial charge in [-0.05, 0) is 11.1 Å². The number of ether oxygens (including phenoxy) is 2. The van der Waals surface area contributed by atoms with Gasteiger partial charge in [-0.25, -0.2) is 19.9 Å². The number of benzene rings is 2. The molecule has 1 N–H and O–H groups in total. The molecule has 200 valence electrons. The Hall–Kier alpha value is -3.54. The summed E-state index contributed by atoms with van der Waals surface area (Å²) >= 11 is 13.1. The van der Waals surface area contributed by atoms with Crippen LogP contribution in [0, 0.1) is 0 Å². The largest absolute Gasteiger partial charge is 0.370 e. The molecule has 12 heteroatoms. The number of hydrogen-bond acceptors (Lipinski definition) is 9. The predicted octanol–water partition coefficient (Wildman–Crippen LogP) is 5.21. The van der Waals surface area contributed by atoms with Crippen LogP contribution in [-0.2, 0) is 40.5 Å². The SMILES string of the molecule is O=C(COCc1ccccc1)Cc1c(Cl)ncnc1Cl.O=c1[nH]cnc2sc(COCc3ccccc3)nc12. The minimum Gasteiger partial charge on any atom is -0.370 e. The number of halogens is 2. The van der Waals surface area contributed by atoms with Crippen molar-refractivity contribution in [3.05, 3.63) is 116 Å². The minimum atomic E-state index is -0.212. The number of carbonyl (C=O) groups excluding carboxylic acids is 1. The van der Waals surface area contributed by atoms with Crippen LogP contribution in [-0.4, -0.2) is 37.3 Å². The monoisotopic (exact) mass is 583 g/mol. The van der Waals surface area contributed by atoms with Crippen LogP contribution in [0.1, 0.15) is 21.7 Å². The Kier molecular flexibility index (Phi) is 10.6. The number of carbonyl (C=O) groups is 1. The molecule has 0 aliphatic carbocycles. The highest BCUT2D eigenvalue weighted by Crippen LogP contribution is 2.20. The minimum absolute atomic E-state index is 0.00353. The average molecular weight is 584 g/mol. The highest BCUT2D eigenvalue weighted by atomic mass is 35.5. The molecular weight excluding hydrogens is 561 g/mol. The number of nitrogens with zero attached hydrogens (tertiary/aromatic N) is 4. The van der Waals surface area contributed by atoms with Gasteiger partial charge in [0, 0.05) is 12.0 Å². The van der Waals surface area contributed by atoms with E-state index >= 15 is 0 Å². The van der Waals surface area contributed by atoms with Crippen LogP contribution in [0.2, 0.25) is 10.3 Å². The van der Waals surface area contributed by atoms with Crippen molar-refractivity contribution in [2.45, 2.75) is 26.2 Å². The summed E-state index contributed by atoms with van der Waals surface area (Å²) in [5.74, 6) is -0.125. The first kappa shape index (κ1) is 28.5. The van der Waals surface area contributed by atoms with Gasteiger partial charge in [0.15, 0.2) is 16.1 Å². The van der Waals surface area contributed by atoms with Gasteiger partial charge in [-0.1, -0.05) is 95.2 Å². The molecule has 0 aliphatic rings. The molecule has 0 amide bonds. The topological polar surface area (TPSA) is 120 Å². The van der Waals surface area contributed by atoms with Crippen molar-refractivity contribution in [2.24, 2.45) is 0 Å². The highest BCUT2D eigenvalue weighted by molar-refractivity contribution is 7.18. The summed E-state index contributed by atoms with van der Waals surface area (Å²) in [5.41, 5.74) is 2.73. The van der Waals surface area contributed by atoms with Gasteiger partial charge in [0.2, 0.25) is 0 Å².